The molecule has 0 radical (unpaired) electrons. The monoisotopic (exact) mass is 356 g/mol. The van der Waals surface area contributed by atoms with Gasteiger partial charge in [-0.05, 0) is 30.2 Å². The van der Waals surface area contributed by atoms with Crippen LogP contribution in [0.1, 0.15) is 41.8 Å². The molecule has 0 fully saturated rings. The van der Waals surface area contributed by atoms with Crippen LogP contribution in [0.25, 0.3) is 0 Å². The van der Waals surface area contributed by atoms with Crippen LogP contribution in [0.2, 0.25) is 0 Å². The van der Waals surface area contributed by atoms with Gasteiger partial charge in [-0.15, -0.1) is 0 Å². The van der Waals surface area contributed by atoms with E-state index in [0.29, 0.717) is 5.56 Å². The largest absolute Gasteiger partial charge is 0.461 e. The predicted molar refractivity (Wildman–Crippen MR) is 105 cm³/mol. The summed E-state index contributed by atoms with van der Waals surface area (Å²) in [6.45, 7) is 6.45. The number of hydrogen-bond donors (Lipinski definition) is 2. The molecule has 0 saturated carbocycles. The first-order valence-electron chi connectivity index (χ1n) is 8.86. The van der Waals surface area contributed by atoms with Gasteiger partial charge in [0, 0.05) is 19.3 Å². The summed E-state index contributed by atoms with van der Waals surface area (Å²) in [6, 6.07) is 15.0. The predicted octanol–water partition coefficient (Wildman–Crippen LogP) is 3.93. The Labute approximate surface area is 155 Å². The number of esters is 1. The molecule has 5 heteroatoms. The number of aryl methyl sites for hydroxylation is 1. The molecular weight excluding hydrogens is 328 g/mol. The third-order valence-corrected chi connectivity index (χ3v) is 3.55. The van der Waals surface area contributed by atoms with Crippen LogP contribution >= 0.6 is 0 Å². The van der Waals surface area contributed by atoms with Crippen molar-refractivity contribution in [2.75, 3.05) is 18.9 Å². The second-order valence-electron chi connectivity index (χ2n) is 5.45. The number of carbonyl (C=O) groups excluding carboxylic acids is 2. The molecule has 0 aliphatic carbocycles. The van der Waals surface area contributed by atoms with Gasteiger partial charge in [0.2, 0.25) is 0 Å². The zero-order valence-corrected chi connectivity index (χ0v) is 16.0. The van der Waals surface area contributed by atoms with Crippen LogP contribution in [0.4, 0.5) is 5.69 Å². The average molecular weight is 356 g/mol. The van der Waals surface area contributed by atoms with Crippen molar-refractivity contribution in [2.24, 2.45) is 0 Å². The highest BCUT2D eigenvalue weighted by Gasteiger charge is 2.11. The molecule has 140 valence electrons. The Bertz CT molecular complexity index is 700. The normalized spacial score (nSPS) is 9.54. The van der Waals surface area contributed by atoms with Crippen molar-refractivity contribution < 1.29 is 14.3 Å². The smallest absolute Gasteiger partial charge is 0.307 e. The van der Waals surface area contributed by atoms with Crippen LogP contribution in [0.5, 0.6) is 0 Å². The Morgan fingerprint density at radius 3 is 2.38 bits per heavy atom. The van der Waals surface area contributed by atoms with Crippen molar-refractivity contribution in [3.63, 3.8) is 0 Å². The van der Waals surface area contributed by atoms with Gasteiger partial charge in [0.05, 0.1) is 12.0 Å². The first-order chi connectivity index (χ1) is 12.6. The van der Waals surface area contributed by atoms with Gasteiger partial charge in [0.15, 0.2) is 0 Å². The Morgan fingerprint density at radius 2 is 1.73 bits per heavy atom. The lowest BCUT2D eigenvalue weighted by molar-refractivity contribution is -0.144. The molecule has 0 bridgehead atoms. The second-order valence-corrected chi connectivity index (χ2v) is 5.45. The molecule has 26 heavy (non-hydrogen) atoms. The van der Waals surface area contributed by atoms with Gasteiger partial charge in [0.25, 0.3) is 5.91 Å². The number of ether oxygens (including phenoxy) is 1. The second kappa shape index (κ2) is 11.7. The number of benzene rings is 2. The van der Waals surface area contributed by atoms with E-state index >= 15 is 0 Å². The molecule has 2 aromatic rings. The summed E-state index contributed by atoms with van der Waals surface area (Å²) >= 11 is 0. The van der Waals surface area contributed by atoms with E-state index in [2.05, 4.69) is 10.6 Å². The number of amides is 1. The van der Waals surface area contributed by atoms with Crippen LogP contribution in [-0.2, 0) is 16.1 Å². The van der Waals surface area contributed by atoms with Crippen molar-refractivity contribution >= 4 is 17.6 Å². The van der Waals surface area contributed by atoms with E-state index in [4.69, 9.17) is 4.74 Å². The molecule has 0 aliphatic heterocycles. The maximum Gasteiger partial charge on any atom is 0.307 e. The van der Waals surface area contributed by atoms with Gasteiger partial charge in [-0.1, -0.05) is 50.2 Å². The fraction of sp³-hybridized carbons (Fsp3) is 0.333. The number of carbonyl (C=O) groups is 2. The third-order valence-electron chi connectivity index (χ3n) is 3.55. The standard InChI is InChI=1S/C19H22N2O3.C2H6/c1-14-8-9-16(17(12-14)20-2)19(23)21-11-10-18(22)24-13-15-6-4-3-5-7-15;1-2/h3-9,12,20H,10-11,13H2,1-2H3,(H,21,23);1-2H3. The van der Waals surface area contributed by atoms with E-state index in [1.807, 2.05) is 63.2 Å². The molecular formula is C21H28N2O3. The third kappa shape index (κ3) is 6.97. The van der Waals surface area contributed by atoms with Gasteiger partial charge >= 0.3 is 5.97 Å². The number of anilines is 1. The topological polar surface area (TPSA) is 67.4 Å². The van der Waals surface area contributed by atoms with Gasteiger partial charge in [0.1, 0.15) is 6.61 Å². The summed E-state index contributed by atoms with van der Waals surface area (Å²) in [7, 11) is 1.77. The Morgan fingerprint density at radius 1 is 1.04 bits per heavy atom. The van der Waals surface area contributed by atoms with Gasteiger partial charge in [-0.3, -0.25) is 9.59 Å². The fourth-order valence-electron chi connectivity index (χ4n) is 2.25. The SMILES string of the molecule is CC.CNc1cc(C)ccc1C(=O)NCCC(=O)OCc1ccccc1. The Hall–Kier alpha value is -2.82. The summed E-state index contributed by atoms with van der Waals surface area (Å²) in [5.41, 5.74) is 3.33. The zero-order chi connectivity index (χ0) is 19.4. The fourth-order valence-corrected chi connectivity index (χ4v) is 2.25. The molecule has 0 spiro atoms. The van der Waals surface area contributed by atoms with Gasteiger partial charge < -0.3 is 15.4 Å². The highest BCUT2D eigenvalue weighted by molar-refractivity contribution is 5.99. The molecule has 2 rings (SSSR count). The van der Waals surface area contributed by atoms with Gasteiger partial charge in [-0.2, -0.15) is 0 Å². The molecule has 0 saturated heterocycles. The van der Waals surface area contributed by atoms with Crippen LogP contribution < -0.4 is 10.6 Å². The average Bonchev–Trinajstić information content (AvgIpc) is 2.68. The lowest BCUT2D eigenvalue weighted by atomic mass is 10.1. The van der Waals surface area contributed by atoms with Crippen molar-refractivity contribution in [3.8, 4) is 0 Å². The molecule has 0 atom stereocenters. The van der Waals surface area contributed by atoms with E-state index in [1.165, 1.54) is 0 Å². The summed E-state index contributed by atoms with van der Waals surface area (Å²) in [6.07, 6.45) is 0.138. The summed E-state index contributed by atoms with van der Waals surface area (Å²) < 4.78 is 5.17. The number of hydrogen-bond acceptors (Lipinski definition) is 4. The zero-order valence-electron chi connectivity index (χ0n) is 16.0. The highest BCUT2D eigenvalue weighted by atomic mass is 16.5. The first kappa shape index (κ1) is 21.2. The quantitative estimate of drug-likeness (QED) is 0.738. The van der Waals surface area contributed by atoms with E-state index in [0.717, 1.165) is 16.8 Å². The van der Waals surface area contributed by atoms with Crippen molar-refractivity contribution in [3.05, 3.63) is 65.2 Å². The molecule has 2 N–H and O–H groups in total. The summed E-state index contributed by atoms with van der Waals surface area (Å²) in [4.78, 5) is 23.9. The number of rotatable bonds is 7. The first-order valence-corrected chi connectivity index (χ1v) is 8.86. The summed E-state index contributed by atoms with van der Waals surface area (Å²) in [5, 5.41) is 5.74. The number of nitrogens with one attached hydrogen (secondary N) is 2. The molecule has 0 unspecified atom stereocenters. The molecule has 5 nitrogen and oxygen atoms in total. The minimum Gasteiger partial charge on any atom is -0.461 e. The molecule has 0 aromatic heterocycles. The van der Waals surface area contributed by atoms with E-state index in [1.54, 1.807) is 13.1 Å². The minimum atomic E-state index is -0.336. The van der Waals surface area contributed by atoms with Crippen molar-refractivity contribution in [1.29, 1.82) is 0 Å². The molecule has 0 heterocycles. The van der Waals surface area contributed by atoms with E-state index in [-0.39, 0.29) is 31.4 Å². The van der Waals surface area contributed by atoms with Crippen molar-refractivity contribution in [1.82, 2.24) is 5.32 Å². The maximum absolute atomic E-state index is 12.2. The van der Waals surface area contributed by atoms with Gasteiger partial charge in [-0.25, -0.2) is 0 Å². The van der Waals surface area contributed by atoms with Crippen molar-refractivity contribution in [2.45, 2.75) is 33.8 Å². The lowest BCUT2D eigenvalue weighted by Gasteiger charge is -2.10. The van der Waals surface area contributed by atoms with Crippen LogP contribution in [0.15, 0.2) is 48.5 Å². The van der Waals surface area contributed by atoms with E-state index < -0.39 is 0 Å². The maximum atomic E-state index is 12.2. The highest BCUT2D eigenvalue weighted by Crippen LogP contribution is 2.16. The van der Waals surface area contributed by atoms with E-state index in [9.17, 15) is 9.59 Å². The molecule has 0 aliphatic rings. The minimum absolute atomic E-state index is 0.138. The summed E-state index contributed by atoms with van der Waals surface area (Å²) in [5.74, 6) is -0.549. The van der Waals surface area contributed by atoms with Crippen LogP contribution in [-0.4, -0.2) is 25.5 Å². The van der Waals surface area contributed by atoms with Crippen LogP contribution in [0, 0.1) is 6.92 Å². The lowest BCUT2D eigenvalue weighted by Crippen LogP contribution is -2.27. The molecule has 1 amide bonds. The Kier molecular flexibility index (Phi) is 9.54. The Balaban J connectivity index is 0.00000163. The van der Waals surface area contributed by atoms with Crippen LogP contribution in [0.3, 0.4) is 0 Å². The molecule has 2 aromatic carbocycles.